The monoisotopic (exact) mass is 230 g/mol. The lowest BCUT2D eigenvalue weighted by Crippen LogP contribution is -2.23. The molecule has 0 radical (unpaired) electrons. The molecule has 0 aliphatic carbocycles. The SMILES string of the molecule is CC1(C)CCN(c2ccc3c(c2)CCCN3)C1. The van der Waals surface area contributed by atoms with E-state index >= 15 is 0 Å². The summed E-state index contributed by atoms with van der Waals surface area (Å²) in [4.78, 5) is 2.54. The van der Waals surface area contributed by atoms with Crippen LogP contribution in [0.3, 0.4) is 0 Å². The average Bonchev–Trinajstić information content (AvgIpc) is 2.69. The number of anilines is 2. The van der Waals surface area contributed by atoms with Crippen LogP contribution in [-0.2, 0) is 6.42 Å². The number of rotatable bonds is 1. The largest absolute Gasteiger partial charge is 0.385 e. The zero-order valence-electron chi connectivity index (χ0n) is 10.9. The molecule has 2 nitrogen and oxygen atoms in total. The molecule has 0 aromatic heterocycles. The van der Waals surface area contributed by atoms with E-state index in [1.165, 1.54) is 49.3 Å². The third-order valence-corrected chi connectivity index (χ3v) is 4.07. The van der Waals surface area contributed by atoms with Crippen molar-refractivity contribution in [3.05, 3.63) is 23.8 Å². The summed E-state index contributed by atoms with van der Waals surface area (Å²) < 4.78 is 0. The first-order chi connectivity index (χ1) is 8.14. The van der Waals surface area contributed by atoms with Crippen molar-refractivity contribution in [2.24, 2.45) is 5.41 Å². The molecular formula is C15H22N2. The van der Waals surface area contributed by atoms with Crippen molar-refractivity contribution in [3.8, 4) is 0 Å². The van der Waals surface area contributed by atoms with E-state index in [0.717, 1.165) is 6.54 Å². The van der Waals surface area contributed by atoms with Crippen LogP contribution in [0.5, 0.6) is 0 Å². The summed E-state index contributed by atoms with van der Waals surface area (Å²) >= 11 is 0. The van der Waals surface area contributed by atoms with Crippen molar-refractivity contribution < 1.29 is 0 Å². The maximum atomic E-state index is 3.48. The Hall–Kier alpha value is -1.18. The molecule has 1 aromatic rings. The molecule has 2 heteroatoms. The normalized spacial score (nSPS) is 22.1. The Labute approximate surface area is 104 Å². The molecule has 3 rings (SSSR count). The third-order valence-electron chi connectivity index (χ3n) is 4.07. The van der Waals surface area contributed by atoms with Gasteiger partial charge in [-0.2, -0.15) is 0 Å². The fourth-order valence-corrected chi connectivity index (χ4v) is 2.99. The molecule has 2 aliphatic heterocycles. The van der Waals surface area contributed by atoms with Crippen LogP contribution in [-0.4, -0.2) is 19.6 Å². The van der Waals surface area contributed by atoms with E-state index in [2.05, 4.69) is 42.3 Å². The molecule has 1 saturated heterocycles. The second-order valence-electron chi connectivity index (χ2n) is 6.21. The van der Waals surface area contributed by atoms with E-state index in [1.54, 1.807) is 0 Å². The molecule has 1 aromatic carbocycles. The van der Waals surface area contributed by atoms with Crippen LogP contribution in [0, 0.1) is 5.41 Å². The lowest BCUT2D eigenvalue weighted by atomic mass is 9.93. The summed E-state index contributed by atoms with van der Waals surface area (Å²) in [5, 5.41) is 3.48. The van der Waals surface area contributed by atoms with Crippen molar-refractivity contribution in [1.82, 2.24) is 0 Å². The van der Waals surface area contributed by atoms with Crippen molar-refractivity contribution >= 4 is 11.4 Å². The van der Waals surface area contributed by atoms with Crippen molar-refractivity contribution in [1.29, 1.82) is 0 Å². The van der Waals surface area contributed by atoms with Crippen molar-refractivity contribution in [3.63, 3.8) is 0 Å². The first kappa shape index (κ1) is 10.9. The minimum absolute atomic E-state index is 0.480. The summed E-state index contributed by atoms with van der Waals surface area (Å²) in [6.07, 6.45) is 3.80. The number of benzene rings is 1. The van der Waals surface area contributed by atoms with Crippen molar-refractivity contribution in [2.75, 3.05) is 29.9 Å². The molecule has 1 fully saturated rings. The highest BCUT2D eigenvalue weighted by molar-refractivity contribution is 5.62. The maximum Gasteiger partial charge on any atom is 0.0374 e. The van der Waals surface area contributed by atoms with Gasteiger partial charge < -0.3 is 10.2 Å². The summed E-state index contributed by atoms with van der Waals surface area (Å²) in [5.41, 5.74) is 4.74. The quantitative estimate of drug-likeness (QED) is 0.796. The molecule has 17 heavy (non-hydrogen) atoms. The lowest BCUT2D eigenvalue weighted by Gasteiger charge is -2.24. The van der Waals surface area contributed by atoms with E-state index in [-0.39, 0.29) is 0 Å². The number of hydrogen-bond donors (Lipinski definition) is 1. The Kier molecular flexibility index (Phi) is 2.53. The smallest absolute Gasteiger partial charge is 0.0374 e. The Morgan fingerprint density at radius 1 is 1.29 bits per heavy atom. The van der Waals surface area contributed by atoms with Gasteiger partial charge in [0, 0.05) is 31.0 Å². The predicted molar refractivity (Wildman–Crippen MR) is 73.9 cm³/mol. The van der Waals surface area contributed by atoms with Gasteiger partial charge in [-0.15, -0.1) is 0 Å². The fraction of sp³-hybridized carbons (Fsp3) is 0.600. The molecular weight excluding hydrogens is 208 g/mol. The summed E-state index contributed by atoms with van der Waals surface area (Å²) in [6.45, 7) is 8.27. The van der Waals surface area contributed by atoms with Crippen LogP contribution >= 0.6 is 0 Å². The first-order valence-corrected chi connectivity index (χ1v) is 6.76. The molecule has 0 atom stereocenters. The number of nitrogens with one attached hydrogen (secondary N) is 1. The Morgan fingerprint density at radius 3 is 2.94 bits per heavy atom. The molecule has 0 bridgehead atoms. The first-order valence-electron chi connectivity index (χ1n) is 6.76. The maximum absolute atomic E-state index is 3.48. The molecule has 2 heterocycles. The zero-order valence-corrected chi connectivity index (χ0v) is 10.9. The second-order valence-corrected chi connectivity index (χ2v) is 6.21. The Balaban J connectivity index is 1.84. The second kappa shape index (κ2) is 3.94. The van der Waals surface area contributed by atoms with Gasteiger partial charge in [-0.3, -0.25) is 0 Å². The standard InChI is InChI=1S/C15H22N2/c1-15(2)7-9-17(11-15)13-5-6-14-12(10-13)4-3-8-16-14/h5-6,10,16H,3-4,7-9,11H2,1-2H3. The number of fused-ring (bicyclic) bond motifs is 1. The van der Waals surface area contributed by atoms with Crippen LogP contribution in [0.4, 0.5) is 11.4 Å². The van der Waals surface area contributed by atoms with Gasteiger partial charge in [0.1, 0.15) is 0 Å². The number of hydrogen-bond acceptors (Lipinski definition) is 2. The van der Waals surface area contributed by atoms with Crippen LogP contribution in [0.1, 0.15) is 32.3 Å². The third kappa shape index (κ3) is 2.13. The fourth-order valence-electron chi connectivity index (χ4n) is 2.99. The molecule has 0 saturated carbocycles. The van der Waals surface area contributed by atoms with Crippen LogP contribution in [0.25, 0.3) is 0 Å². The predicted octanol–water partition coefficient (Wildman–Crippen LogP) is 3.28. The van der Waals surface area contributed by atoms with Gasteiger partial charge in [-0.05, 0) is 48.4 Å². The molecule has 0 spiro atoms. The summed E-state index contributed by atoms with van der Waals surface area (Å²) in [7, 11) is 0. The highest BCUT2D eigenvalue weighted by Gasteiger charge is 2.29. The van der Waals surface area contributed by atoms with Crippen LogP contribution in [0.2, 0.25) is 0 Å². The molecule has 1 N–H and O–H groups in total. The Morgan fingerprint density at radius 2 is 2.18 bits per heavy atom. The van der Waals surface area contributed by atoms with E-state index in [4.69, 9.17) is 0 Å². The van der Waals surface area contributed by atoms with Crippen LogP contribution < -0.4 is 10.2 Å². The van der Waals surface area contributed by atoms with Crippen molar-refractivity contribution in [2.45, 2.75) is 33.1 Å². The van der Waals surface area contributed by atoms with Gasteiger partial charge in [0.25, 0.3) is 0 Å². The van der Waals surface area contributed by atoms with E-state index in [0.29, 0.717) is 5.41 Å². The minimum atomic E-state index is 0.480. The van der Waals surface area contributed by atoms with Gasteiger partial charge >= 0.3 is 0 Å². The van der Waals surface area contributed by atoms with Gasteiger partial charge in [0.05, 0.1) is 0 Å². The number of nitrogens with zero attached hydrogens (tertiary/aromatic N) is 1. The van der Waals surface area contributed by atoms with Gasteiger partial charge in [0.15, 0.2) is 0 Å². The topological polar surface area (TPSA) is 15.3 Å². The molecule has 0 amide bonds. The zero-order chi connectivity index (χ0) is 11.9. The van der Waals surface area contributed by atoms with E-state index in [9.17, 15) is 0 Å². The van der Waals surface area contributed by atoms with E-state index < -0.39 is 0 Å². The lowest BCUT2D eigenvalue weighted by molar-refractivity contribution is 0.418. The highest BCUT2D eigenvalue weighted by Crippen LogP contribution is 2.34. The molecule has 2 aliphatic rings. The minimum Gasteiger partial charge on any atom is -0.385 e. The average molecular weight is 230 g/mol. The van der Waals surface area contributed by atoms with Gasteiger partial charge in [0.2, 0.25) is 0 Å². The Bertz CT molecular complexity index is 423. The summed E-state index contributed by atoms with van der Waals surface area (Å²) in [5.74, 6) is 0. The van der Waals surface area contributed by atoms with Gasteiger partial charge in [-0.25, -0.2) is 0 Å². The van der Waals surface area contributed by atoms with Crippen LogP contribution in [0.15, 0.2) is 18.2 Å². The summed E-state index contributed by atoms with van der Waals surface area (Å²) in [6, 6.07) is 6.93. The van der Waals surface area contributed by atoms with Gasteiger partial charge in [-0.1, -0.05) is 13.8 Å². The molecule has 92 valence electrons. The molecule has 0 unspecified atom stereocenters. The highest BCUT2D eigenvalue weighted by atomic mass is 15.2. The number of aryl methyl sites for hydroxylation is 1. The van der Waals surface area contributed by atoms with E-state index in [1.807, 2.05) is 0 Å².